The second-order valence-corrected chi connectivity index (χ2v) is 8.21. The summed E-state index contributed by atoms with van der Waals surface area (Å²) >= 11 is 0. The molecule has 2 aromatic rings. The Kier molecular flexibility index (Phi) is 4.92. The molecule has 1 aliphatic heterocycles. The number of nitrogens with zero attached hydrogens (tertiary/aromatic N) is 1. The maximum Gasteiger partial charge on any atom is 0.335 e. The van der Waals surface area contributed by atoms with Gasteiger partial charge in [0, 0.05) is 13.1 Å². The lowest BCUT2D eigenvalue weighted by molar-refractivity contribution is 0.0696. The van der Waals surface area contributed by atoms with Gasteiger partial charge in [0.15, 0.2) is 0 Å². The summed E-state index contributed by atoms with van der Waals surface area (Å²) < 4.78 is 26.9. The van der Waals surface area contributed by atoms with Crippen LogP contribution < -0.4 is 0 Å². The van der Waals surface area contributed by atoms with Crippen molar-refractivity contribution in [2.45, 2.75) is 31.1 Å². The Morgan fingerprint density at radius 2 is 1.64 bits per heavy atom. The largest absolute Gasteiger partial charge is 0.478 e. The van der Waals surface area contributed by atoms with E-state index in [-0.39, 0.29) is 10.5 Å². The summed E-state index contributed by atoms with van der Waals surface area (Å²) in [5, 5.41) is 9.25. The van der Waals surface area contributed by atoms with Crippen molar-refractivity contribution < 1.29 is 18.3 Å². The molecule has 0 unspecified atom stereocenters. The van der Waals surface area contributed by atoms with Crippen LogP contribution in [0.5, 0.6) is 0 Å². The van der Waals surface area contributed by atoms with Crippen LogP contribution in [-0.2, 0) is 10.0 Å². The van der Waals surface area contributed by atoms with Gasteiger partial charge < -0.3 is 5.11 Å². The number of benzene rings is 2. The normalized spacial score (nSPS) is 15.9. The third-order valence-electron chi connectivity index (χ3n) is 4.68. The fraction of sp³-hybridized carbons (Fsp3) is 0.316. The zero-order chi connectivity index (χ0) is 18.0. The van der Waals surface area contributed by atoms with E-state index in [1.807, 2.05) is 6.07 Å². The molecule has 132 valence electrons. The summed E-state index contributed by atoms with van der Waals surface area (Å²) in [4.78, 5) is 11.6. The lowest BCUT2D eigenvalue weighted by Crippen LogP contribution is -2.35. The Morgan fingerprint density at radius 3 is 2.24 bits per heavy atom. The van der Waals surface area contributed by atoms with E-state index in [9.17, 15) is 18.3 Å². The van der Waals surface area contributed by atoms with E-state index in [0.29, 0.717) is 18.7 Å². The minimum atomic E-state index is -3.45. The monoisotopic (exact) mass is 359 g/mol. The summed E-state index contributed by atoms with van der Waals surface area (Å²) in [6, 6.07) is 11.8. The van der Waals surface area contributed by atoms with Gasteiger partial charge in [0.25, 0.3) is 0 Å². The molecule has 0 aromatic heterocycles. The molecule has 6 heteroatoms. The molecule has 1 heterocycles. The molecule has 3 rings (SSSR count). The quantitative estimate of drug-likeness (QED) is 0.906. The summed E-state index contributed by atoms with van der Waals surface area (Å²) in [6.45, 7) is 2.91. The highest BCUT2D eigenvalue weighted by atomic mass is 32.2. The van der Waals surface area contributed by atoms with E-state index in [1.165, 1.54) is 0 Å². The molecular weight excluding hydrogens is 338 g/mol. The molecule has 1 N–H and O–H groups in total. The number of carboxylic acid groups (broad SMARTS) is 1. The number of piperidine rings is 1. The van der Waals surface area contributed by atoms with Gasteiger partial charge in [0.1, 0.15) is 0 Å². The number of hydrogen-bond acceptors (Lipinski definition) is 3. The van der Waals surface area contributed by atoms with Crippen LogP contribution in [0.15, 0.2) is 47.4 Å². The van der Waals surface area contributed by atoms with Gasteiger partial charge in [-0.05, 0) is 54.7 Å². The molecule has 0 aliphatic carbocycles. The molecule has 5 nitrogen and oxygen atoms in total. The zero-order valence-electron chi connectivity index (χ0n) is 14.1. The van der Waals surface area contributed by atoms with Gasteiger partial charge in [-0.2, -0.15) is 4.31 Å². The molecule has 0 radical (unpaired) electrons. The van der Waals surface area contributed by atoms with Gasteiger partial charge in [0.05, 0.1) is 10.5 Å². The molecule has 0 spiro atoms. The van der Waals surface area contributed by atoms with Crippen molar-refractivity contribution in [3.05, 3.63) is 53.6 Å². The number of sulfonamides is 1. The van der Waals surface area contributed by atoms with Gasteiger partial charge in [-0.3, -0.25) is 0 Å². The average Bonchev–Trinajstić information content (AvgIpc) is 2.62. The van der Waals surface area contributed by atoms with Crippen LogP contribution >= 0.6 is 0 Å². The lowest BCUT2D eigenvalue weighted by Gasteiger charge is -2.25. The summed E-state index contributed by atoms with van der Waals surface area (Å²) in [6.07, 6.45) is 2.88. The topological polar surface area (TPSA) is 74.7 Å². The Hall–Kier alpha value is -2.18. The third-order valence-corrected chi connectivity index (χ3v) is 6.60. The van der Waals surface area contributed by atoms with Gasteiger partial charge in [-0.15, -0.1) is 0 Å². The van der Waals surface area contributed by atoms with Crippen LogP contribution in [0.25, 0.3) is 11.1 Å². The molecule has 0 atom stereocenters. The van der Waals surface area contributed by atoms with E-state index >= 15 is 0 Å². The number of carboxylic acids is 1. The first-order valence-electron chi connectivity index (χ1n) is 8.35. The summed E-state index contributed by atoms with van der Waals surface area (Å²) in [7, 11) is -3.45. The highest BCUT2D eigenvalue weighted by Gasteiger charge is 2.25. The zero-order valence-corrected chi connectivity index (χ0v) is 14.9. The van der Waals surface area contributed by atoms with Crippen molar-refractivity contribution >= 4 is 16.0 Å². The van der Waals surface area contributed by atoms with Crippen LogP contribution in [0, 0.1) is 6.92 Å². The molecule has 25 heavy (non-hydrogen) atoms. The molecule has 1 saturated heterocycles. The Labute approximate surface area is 148 Å². The maximum absolute atomic E-state index is 12.7. The van der Waals surface area contributed by atoms with Gasteiger partial charge in [-0.25, -0.2) is 13.2 Å². The van der Waals surface area contributed by atoms with Crippen LogP contribution in [0.1, 0.15) is 35.2 Å². The SMILES string of the molecule is Cc1c(C(=O)O)cccc1-c1ccc(S(=O)(=O)N2CCCCC2)cc1. The number of carbonyl (C=O) groups is 1. The highest BCUT2D eigenvalue weighted by Crippen LogP contribution is 2.28. The summed E-state index contributed by atoms with van der Waals surface area (Å²) in [5.41, 5.74) is 2.52. The van der Waals surface area contributed by atoms with E-state index in [4.69, 9.17) is 0 Å². The number of rotatable bonds is 4. The van der Waals surface area contributed by atoms with Crippen molar-refractivity contribution in [1.29, 1.82) is 0 Å². The first kappa shape index (κ1) is 17.6. The fourth-order valence-electron chi connectivity index (χ4n) is 3.24. The van der Waals surface area contributed by atoms with Crippen molar-refractivity contribution in [3.63, 3.8) is 0 Å². The van der Waals surface area contributed by atoms with Crippen LogP contribution in [0.4, 0.5) is 0 Å². The fourth-order valence-corrected chi connectivity index (χ4v) is 4.76. The van der Waals surface area contributed by atoms with E-state index in [0.717, 1.165) is 30.4 Å². The molecule has 0 saturated carbocycles. The first-order valence-corrected chi connectivity index (χ1v) is 9.79. The molecule has 2 aromatic carbocycles. The Morgan fingerprint density at radius 1 is 1.00 bits per heavy atom. The van der Waals surface area contributed by atoms with Crippen molar-refractivity contribution in [3.8, 4) is 11.1 Å². The number of hydrogen-bond donors (Lipinski definition) is 1. The lowest BCUT2D eigenvalue weighted by atomic mass is 9.96. The van der Waals surface area contributed by atoms with Gasteiger partial charge in [0.2, 0.25) is 10.0 Å². The van der Waals surface area contributed by atoms with E-state index in [2.05, 4.69) is 0 Å². The highest BCUT2D eigenvalue weighted by molar-refractivity contribution is 7.89. The predicted molar refractivity (Wildman–Crippen MR) is 96.2 cm³/mol. The second kappa shape index (κ2) is 6.98. The minimum absolute atomic E-state index is 0.252. The van der Waals surface area contributed by atoms with Crippen LogP contribution in [0.3, 0.4) is 0 Å². The predicted octanol–water partition coefficient (Wildman–Crippen LogP) is 3.53. The molecule has 0 amide bonds. The van der Waals surface area contributed by atoms with E-state index in [1.54, 1.807) is 47.6 Å². The first-order chi connectivity index (χ1) is 11.9. The average molecular weight is 359 g/mol. The molecular formula is C19H21NO4S. The molecule has 1 fully saturated rings. The van der Waals surface area contributed by atoms with Crippen molar-refractivity contribution in [1.82, 2.24) is 4.31 Å². The number of aromatic carboxylic acids is 1. The Balaban J connectivity index is 1.93. The third kappa shape index (κ3) is 3.45. The van der Waals surface area contributed by atoms with Gasteiger partial charge >= 0.3 is 5.97 Å². The maximum atomic E-state index is 12.7. The van der Waals surface area contributed by atoms with Crippen molar-refractivity contribution in [2.75, 3.05) is 13.1 Å². The van der Waals surface area contributed by atoms with Crippen molar-refractivity contribution in [2.24, 2.45) is 0 Å². The second-order valence-electron chi connectivity index (χ2n) is 6.27. The molecule has 1 aliphatic rings. The standard InChI is InChI=1S/C19H21NO4S/c1-14-17(6-5-7-18(14)19(21)22)15-8-10-16(11-9-15)25(23,24)20-12-3-2-4-13-20/h5-11H,2-4,12-13H2,1H3,(H,21,22). The van der Waals surface area contributed by atoms with Crippen LogP contribution in [0.2, 0.25) is 0 Å². The smallest absolute Gasteiger partial charge is 0.335 e. The van der Waals surface area contributed by atoms with Crippen LogP contribution in [-0.4, -0.2) is 36.9 Å². The molecule has 0 bridgehead atoms. The Bertz CT molecular complexity index is 882. The minimum Gasteiger partial charge on any atom is -0.478 e. The van der Waals surface area contributed by atoms with Gasteiger partial charge in [-0.1, -0.05) is 30.7 Å². The van der Waals surface area contributed by atoms with E-state index < -0.39 is 16.0 Å². The summed E-state index contributed by atoms with van der Waals surface area (Å²) in [5.74, 6) is -0.969.